The molecule has 7 heteroatoms. The molecule has 0 aliphatic heterocycles. The Balaban J connectivity index is 2.32. The molecule has 0 spiro atoms. The van der Waals surface area contributed by atoms with Crippen molar-refractivity contribution in [3.63, 3.8) is 0 Å². The Kier molecular flexibility index (Phi) is 5.03. The van der Waals surface area contributed by atoms with Crippen molar-refractivity contribution in [2.24, 2.45) is 5.10 Å². The molecule has 0 radical (unpaired) electrons. The second-order valence-corrected chi connectivity index (χ2v) is 5.03. The summed E-state index contributed by atoms with van der Waals surface area (Å²) in [6.45, 7) is 2.09. The molecule has 2 rings (SSSR count). The second kappa shape index (κ2) is 6.76. The van der Waals surface area contributed by atoms with Crippen LogP contribution < -0.4 is 0 Å². The zero-order chi connectivity index (χ0) is 14.5. The Labute approximate surface area is 126 Å². The van der Waals surface area contributed by atoms with Gasteiger partial charge in [-0.2, -0.15) is 14.9 Å². The van der Waals surface area contributed by atoms with Crippen molar-refractivity contribution >= 4 is 30.0 Å². The first-order valence-corrected chi connectivity index (χ1v) is 7.06. The number of aromatic amines is 1. The number of hydrogen-bond acceptors (Lipinski definition) is 3. The average molecular weight is 313 g/mol. The molecule has 20 heavy (non-hydrogen) atoms. The predicted octanol–water partition coefficient (Wildman–Crippen LogP) is 3.96. The molecule has 1 heterocycles. The highest BCUT2D eigenvalue weighted by Crippen LogP contribution is 2.17. The van der Waals surface area contributed by atoms with Crippen molar-refractivity contribution in [2.45, 2.75) is 26.2 Å². The Morgan fingerprint density at radius 2 is 2.35 bits per heavy atom. The van der Waals surface area contributed by atoms with E-state index in [1.807, 2.05) is 0 Å². The zero-order valence-electron chi connectivity index (χ0n) is 10.9. The van der Waals surface area contributed by atoms with Crippen LogP contribution in [0.3, 0.4) is 0 Å². The van der Waals surface area contributed by atoms with Crippen LogP contribution in [0, 0.1) is 10.6 Å². The highest BCUT2D eigenvalue weighted by atomic mass is 35.5. The number of aryl methyl sites for hydroxylation is 1. The maximum atomic E-state index is 13.6. The van der Waals surface area contributed by atoms with Gasteiger partial charge in [-0.25, -0.2) is 4.39 Å². The van der Waals surface area contributed by atoms with Gasteiger partial charge in [0.05, 0.1) is 11.2 Å². The highest BCUT2D eigenvalue weighted by Gasteiger charge is 2.06. The molecule has 1 N–H and O–H groups in total. The van der Waals surface area contributed by atoms with E-state index in [2.05, 4.69) is 22.2 Å². The van der Waals surface area contributed by atoms with E-state index in [1.165, 1.54) is 17.0 Å². The van der Waals surface area contributed by atoms with Crippen LogP contribution in [0.25, 0.3) is 0 Å². The second-order valence-electron chi connectivity index (χ2n) is 4.24. The number of aromatic nitrogens is 3. The fourth-order valence-electron chi connectivity index (χ4n) is 1.69. The Bertz CT molecular complexity index is 657. The summed E-state index contributed by atoms with van der Waals surface area (Å²) in [6, 6.07) is 4.49. The van der Waals surface area contributed by atoms with E-state index in [4.69, 9.17) is 23.8 Å². The molecule has 2 aromatic rings. The van der Waals surface area contributed by atoms with E-state index in [0.717, 1.165) is 25.1 Å². The molecule has 0 atom stereocenters. The van der Waals surface area contributed by atoms with Crippen molar-refractivity contribution in [3.05, 3.63) is 45.2 Å². The largest absolute Gasteiger partial charge is 0.250 e. The van der Waals surface area contributed by atoms with Crippen LogP contribution in [0.1, 0.15) is 31.2 Å². The summed E-state index contributed by atoms with van der Waals surface area (Å²) < 4.78 is 15.5. The average Bonchev–Trinajstić information content (AvgIpc) is 2.77. The highest BCUT2D eigenvalue weighted by molar-refractivity contribution is 7.71. The minimum Gasteiger partial charge on any atom is -0.250 e. The van der Waals surface area contributed by atoms with Gasteiger partial charge in [0.25, 0.3) is 0 Å². The number of rotatable bonds is 5. The first-order valence-electron chi connectivity index (χ1n) is 6.28. The number of H-pyrrole nitrogens is 1. The first-order chi connectivity index (χ1) is 9.63. The lowest BCUT2D eigenvalue weighted by molar-refractivity contribution is 0.625. The number of nitrogens with zero attached hydrogens (tertiary/aromatic N) is 3. The van der Waals surface area contributed by atoms with Gasteiger partial charge in [0.15, 0.2) is 5.82 Å². The SMILES string of the molecule is CCCCc1n[nH]c(=S)n1N=Cc1c(F)cccc1Cl. The third-order valence-corrected chi connectivity index (χ3v) is 3.37. The van der Waals surface area contributed by atoms with E-state index in [9.17, 15) is 4.39 Å². The topological polar surface area (TPSA) is 46.0 Å². The van der Waals surface area contributed by atoms with Crippen molar-refractivity contribution in [3.8, 4) is 0 Å². The molecule has 0 bridgehead atoms. The fourth-order valence-corrected chi connectivity index (χ4v) is 2.10. The summed E-state index contributed by atoms with van der Waals surface area (Å²) in [4.78, 5) is 0. The molecule has 4 nitrogen and oxygen atoms in total. The Morgan fingerprint density at radius 3 is 3.05 bits per heavy atom. The molecule has 0 aliphatic rings. The van der Waals surface area contributed by atoms with Gasteiger partial charge in [-0.1, -0.05) is 31.0 Å². The molecule has 1 aromatic heterocycles. The van der Waals surface area contributed by atoms with E-state index in [-0.39, 0.29) is 5.56 Å². The van der Waals surface area contributed by atoms with Gasteiger partial charge in [-0.05, 0) is 30.8 Å². The van der Waals surface area contributed by atoms with Gasteiger partial charge >= 0.3 is 0 Å². The monoisotopic (exact) mass is 312 g/mol. The summed E-state index contributed by atoms with van der Waals surface area (Å²) in [6.07, 6.45) is 4.14. The normalized spacial score (nSPS) is 11.3. The number of unbranched alkanes of at least 4 members (excludes halogenated alkanes) is 1. The smallest absolute Gasteiger partial charge is 0.216 e. The quantitative estimate of drug-likeness (QED) is 0.671. The standard InChI is InChI=1S/C13H14ClFN4S/c1-2-3-7-12-17-18-13(20)19(12)16-8-9-10(14)5-4-6-11(9)15/h4-6,8H,2-3,7H2,1H3,(H,18,20). The van der Waals surface area contributed by atoms with Crippen LogP contribution in [-0.4, -0.2) is 21.1 Å². The first kappa shape index (κ1) is 14.9. The van der Waals surface area contributed by atoms with Crippen LogP contribution in [0.15, 0.2) is 23.3 Å². The lowest BCUT2D eigenvalue weighted by atomic mass is 10.2. The molecule has 0 saturated heterocycles. The van der Waals surface area contributed by atoms with E-state index >= 15 is 0 Å². The summed E-state index contributed by atoms with van der Waals surface area (Å²) in [7, 11) is 0. The predicted molar refractivity (Wildman–Crippen MR) is 80.4 cm³/mol. The van der Waals surface area contributed by atoms with Crippen LogP contribution >= 0.6 is 23.8 Å². The van der Waals surface area contributed by atoms with Gasteiger partial charge in [-0.3, -0.25) is 5.10 Å². The van der Waals surface area contributed by atoms with E-state index < -0.39 is 5.82 Å². The molecule has 0 saturated carbocycles. The molecular weight excluding hydrogens is 299 g/mol. The fraction of sp³-hybridized carbons (Fsp3) is 0.308. The third-order valence-electron chi connectivity index (χ3n) is 2.77. The zero-order valence-corrected chi connectivity index (χ0v) is 12.5. The van der Waals surface area contributed by atoms with Crippen LogP contribution in [0.5, 0.6) is 0 Å². The van der Waals surface area contributed by atoms with Gasteiger partial charge < -0.3 is 0 Å². The van der Waals surface area contributed by atoms with Crippen LogP contribution in [-0.2, 0) is 6.42 Å². The van der Waals surface area contributed by atoms with Crippen LogP contribution in [0.4, 0.5) is 4.39 Å². The summed E-state index contributed by atoms with van der Waals surface area (Å²) >= 11 is 11.1. The number of nitrogens with one attached hydrogen (secondary N) is 1. The minimum absolute atomic E-state index is 0.235. The lowest BCUT2D eigenvalue weighted by Gasteiger charge is -2.01. The van der Waals surface area contributed by atoms with Crippen molar-refractivity contribution in [1.29, 1.82) is 0 Å². The molecule has 0 aliphatic carbocycles. The lowest BCUT2D eigenvalue weighted by Crippen LogP contribution is -2.00. The number of halogens is 2. The molecular formula is C13H14ClFN4S. The van der Waals surface area contributed by atoms with E-state index in [1.54, 1.807) is 12.1 Å². The minimum atomic E-state index is -0.425. The van der Waals surface area contributed by atoms with Gasteiger partial charge in [0.1, 0.15) is 5.82 Å². The number of benzene rings is 1. The van der Waals surface area contributed by atoms with Crippen molar-refractivity contribution in [1.82, 2.24) is 14.9 Å². The number of hydrogen-bond donors (Lipinski definition) is 1. The van der Waals surface area contributed by atoms with Crippen molar-refractivity contribution < 1.29 is 4.39 Å². The summed E-state index contributed by atoms with van der Waals surface area (Å²) in [5, 5.41) is 11.3. The Hall–Kier alpha value is -1.53. The maximum Gasteiger partial charge on any atom is 0.216 e. The summed E-state index contributed by atoms with van der Waals surface area (Å²) in [5.41, 5.74) is 0.235. The van der Waals surface area contributed by atoms with Gasteiger partial charge in [0, 0.05) is 12.0 Å². The molecule has 0 amide bonds. The van der Waals surface area contributed by atoms with Gasteiger partial charge in [0.2, 0.25) is 4.77 Å². The third kappa shape index (κ3) is 3.32. The molecule has 106 valence electrons. The Morgan fingerprint density at radius 1 is 1.55 bits per heavy atom. The molecule has 1 aromatic carbocycles. The van der Waals surface area contributed by atoms with Gasteiger partial charge in [-0.15, -0.1) is 0 Å². The molecule has 0 unspecified atom stereocenters. The molecule has 0 fully saturated rings. The van der Waals surface area contributed by atoms with Crippen molar-refractivity contribution in [2.75, 3.05) is 0 Å². The summed E-state index contributed by atoms with van der Waals surface area (Å²) in [5.74, 6) is 0.298. The maximum absolute atomic E-state index is 13.6. The van der Waals surface area contributed by atoms with E-state index in [0.29, 0.717) is 9.79 Å². The van der Waals surface area contributed by atoms with Crippen LogP contribution in [0.2, 0.25) is 5.02 Å².